The highest BCUT2D eigenvalue weighted by molar-refractivity contribution is 5.01. The van der Waals surface area contributed by atoms with Gasteiger partial charge in [-0.15, -0.1) is 0 Å². The van der Waals surface area contributed by atoms with E-state index in [9.17, 15) is 0 Å². The minimum atomic E-state index is 0.382. The number of rotatable bonds is 1. The summed E-state index contributed by atoms with van der Waals surface area (Å²) in [6.07, 6.45) is 6.06. The topological polar surface area (TPSA) is 15.3 Å². The number of fused-ring (bicyclic) bond motifs is 2. The van der Waals surface area contributed by atoms with Gasteiger partial charge in [0.25, 0.3) is 0 Å². The van der Waals surface area contributed by atoms with Crippen molar-refractivity contribution >= 4 is 0 Å². The van der Waals surface area contributed by atoms with Crippen molar-refractivity contribution in [2.75, 3.05) is 19.6 Å². The molecular weight excluding hydrogens is 184 g/mol. The predicted molar refractivity (Wildman–Crippen MR) is 62.9 cm³/mol. The van der Waals surface area contributed by atoms with Crippen LogP contribution in [-0.2, 0) is 0 Å². The summed E-state index contributed by atoms with van der Waals surface area (Å²) in [5.41, 5.74) is 0.382. The average Bonchev–Trinajstić information content (AvgIpc) is 2.78. The molecule has 0 radical (unpaired) electrons. The molecule has 0 spiro atoms. The summed E-state index contributed by atoms with van der Waals surface area (Å²) >= 11 is 0. The largest absolute Gasteiger partial charge is 0.314 e. The van der Waals surface area contributed by atoms with Crippen molar-refractivity contribution in [3.05, 3.63) is 0 Å². The first-order valence-electron chi connectivity index (χ1n) is 6.64. The molecular formula is C13H24N2. The van der Waals surface area contributed by atoms with E-state index in [1.807, 2.05) is 0 Å². The molecule has 3 fully saturated rings. The zero-order valence-corrected chi connectivity index (χ0v) is 10.1. The molecule has 1 aliphatic heterocycles. The standard InChI is InChI=1S/C13H24N2/c1-13(2)9-14-5-6-15(13)12-8-10-3-4-11(12)7-10/h10-12,14H,3-9H2,1-2H3. The number of hydrogen-bond donors (Lipinski definition) is 1. The first kappa shape index (κ1) is 10.1. The summed E-state index contributed by atoms with van der Waals surface area (Å²) in [5, 5.41) is 3.53. The van der Waals surface area contributed by atoms with Gasteiger partial charge in [0.05, 0.1) is 0 Å². The van der Waals surface area contributed by atoms with E-state index in [1.54, 1.807) is 0 Å². The van der Waals surface area contributed by atoms with Gasteiger partial charge in [0.2, 0.25) is 0 Å². The number of piperazine rings is 1. The van der Waals surface area contributed by atoms with Crippen LogP contribution >= 0.6 is 0 Å². The third kappa shape index (κ3) is 1.62. The molecule has 1 N–H and O–H groups in total. The fourth-order valence-electron chi connectivity index (χ4n) is 4.21. The molecule has 0 aromatic rings. The molecule has 0 amide bonds. The molecule has 0 aromatic carbocycles. The zero-order chi connectivity index (χ0) is 10.5. The van der Waals surface area contributed by atoms with Crippen molar-refractivity contribution < 1.29 is 0 Å². The Hall–Kier alpha value is -0.0800. The Kier molecular flexibility index (Phi) is 2.33. The second-order valence-corrected chi connectivity index (χ2v) is 6.42. The molecule has 2 aliphatic carbocycles. The Bertz CT molecular complexity index is 249. The van der Waals surface area contributed by atoms with Crippen molar-refractivity contribution in [1.82, 2.24) is 10.2 Å². The SMILES string of the molecule is CC1(C)CNCCN1C1CC2CCC1C2. The molecule has 86 valence electrons. The van der Waals surface area contributed by atoms with Gasteiger partial charge in [0.1, 0.15) is 0 Å². The van der Waals surface area contributed by atoms with E-state index in [4.69, 9.17) is 0 Å². The second kappa shape index (κ2) is 3.46. The van der Waals surface area contributed by atoms with Gasteiger partial charge in [0, 0.05) is 31.2 Å². The van der Waals surface area contributed by atoms with Crippen molar-refractivity contribution in [3.63, 3.8) is 0 Å². The lowest BCUT2D eigenvalue weighted by atomic mass is 9.88. The van der Waals surface area contributed by atoms with E-state index in [0.29, 0.717) is 5.54 Å². The maximum atomic E-state index is 3.53. The molecule has 3 atom stereocenters. The summed E-state index contributed by atoms with van der Waals surface area (Å²) in [4.78, 5) is 2.81. The second-order valence-electron chi connectivity index (χ2n) is 6.42. The van der Waals surface area contributed by atoms with Gasteiger partial charge in [0.15, 0.2) is 0 Å². The summed E-state index contributed by atoms with van der Waals surface area (Å²) < 4.78 is 0. The summed E-state index contributed by atoms with van der Waals surface area (Å²) in [6.45, 7) is 8.44. The summed E-state index contributed by atoms with van der Waals surface area (Å²) in [7, 11) is 0. The van der Waals surface area contributed by atoms with Crippen LogP contribution in [-0.4, -0.2) is 36.1 Å². The van der Waals surface area contributed by atoms with Crippen molar-refractivity contribution in [2.45, 2.75) is 51.1 Å². The average molecular weight is 208 g/mol. The van der Waals surface area contributed by atoms with Crippen molar-refractivity contribution in [1.29, 1.82) is 0 Å². The highest BCUT2D eigenvalue weighted by atomic mass is 15.3. The molecule has 1 heterocycles. The summed E-state index contributed by atoms with van der Waals surface area (Å²) in [5.74, 6) is 2.11. The van der Waals surface area contributed by atoms with Crippen LogP contribution in [0.5, 0.6) is 0 Å². The monoisotopic (exact) mass is 208 g/mol. The normalized spacial score (nSPS) is 44.8. The van der Waals surface area contributed by atoms with E-state index in [0.717, 1.165) is 17.9 Å². The smallest absolute Gasteiger partial charge is 0.0281 e. The van der Waals surface area contributed by atoms with E-state index >= 15 is 0 Å². The molecule has 3 aliphatic rings. The number of nitrogens with zero attached hydrogens (tertiary/aromatic N) is 1. The van der Waals surface area contributed by atoms with Crippen molar-refractivity contribution in [3.8, 4) is 0 Å². The molecule has 1 saturated heterocycles. The molecule has 3 rings (SSSR count). The van der Waals surface area contributed by atoms with Crippen LogP contribution < -0.4 is 5.32 Å². The molecule has 0 aromatic heterocycles. The van der Waals surface area contributed by atoms with Gasteiger partial charge in [-0.3, -0.25) is 4.90 Å². The van der Waals surface area contributed by atoms with Crippen LogP contribution in [0.3, 0.4) is 0 Å². The number of nitrogens with one attached hydrogen (secondary N) is 1. The molecule has 2 nitrogen and oxygen atoms in total. The van der Waals surface area contributed by atoms with Gasteiger partial charge in [-0.05, 0) is 44.9 Å². The first-order valence-corrected chi connectivity index (χ1v) is 6.64. The third-order valence-electron chi connectivity index (χ3n) is 4.97. The Morgan fingerprint density at radius 3 is 2.67 bits per heavy atom. The lowest BCUT2D eigenvalue weighted by Crippen LogP contribution is -2.62. The summed E-state index contributed by atoms with van der Waals surface area (Å²) in [6, 6.07) is 0.917. The van der Waals surface area contributed by atoms with E-state index < -0.39 is 0 Å². The van der Waals surface area contributed by atoms with E-state index in [-0.39, 0.29) is 0 Å². The van der Waals surface area contributed by atoms with Crippen LogP contribution in [0.1, 0.15) is 39.5 Å². The van der Waals surface area contributed by atoms with Crippen LogP contribution in [0, 0.1) is 11.8 Å². The molecule has 2 bridgehead atoms. The fourth-order valence-corrected chi connectivity index (χ4v) is 4.21. The highest BCUT2D eigenvalue weighted by Crippen LogP contribution is 2.48. The van der Waals surface area contributed by atoms with Gasteiger partial charge >= 0.3 is 0 Å². The predicted octanol–water partition coefficient (Wildman–Crippen LogP) is 1.86. The van der Waals surface area contributed by atoms with Crippen LogP contribution in [0.25, 0.3) is 0 Å². The van der Waals surface area contributed by atoms with Gasteiger partial charge < -0.3 is 5.32 Å². The Labute approximate surface area is 93.4 Å². The lowest BCUT2D eigenvalue weighted by molar-refractivity contribution is 0.0207. The Morgan fingerprint density at radius 2 is 2.07 bits per heavy atom. The van der Waals surface area contributed by atoms with Gasteiger partial charge in [-0.1, -0.05) is 6.42 Å². The highest BCUT2D eigenvalue weighted by Gasteiger charge is 2.46. The maximum absolute atomic E-state index is 3.53. The Morgan fingerprint density at radius 1 is 1.20 bits per heavy atom. The van der Waals surface area contributed by atoms with E-state index in [2.05, 4.69) is 24.1 Å². The minimum Gasteiger partial charge on any atom is -0.314 e. The lowest BCUT2D eigenvalue weighted by Gasteiger charge is -2.48. The molecule has 2 heteroatoms. The van der Waals surface area contributed by atoms with Gasteiger partial charge in [-0.25, -0.2) is 0 Å². The molecule has 3 unspecified atom stereocenters. The van der Waals surface area contributed by atoms with E-state index in [1.165, 1.54) is 45.3 Å². The van der Waals surface area contributed by atoms with Crippen molar-refractivity contribution in [2.24, 2.45) is 11.8 Å². The van der Waals surface area contributed by atoms with Gasteiger partial charge in [-0.2, -0.15) is 0 Å². The maximum Gasteiger partial charge on any atom is 0.0281 e. The third-order valence-corrected chi connectivity index (χ3v) is 4.97. The van der Waals surface area contributed by atoms with Crippen LogP contribution in [0.2, 0.25) is 0 Å². The Balaban J connectivity index is 1.75. The fraction of sp³-hybridized carbons (Fsp3) is 1.00. The zero-order valence-electron chi connectivity index (χ0n) is 10.1. The molecule has 2 saturated carbocycles. The van der Waals surface area contributed by atoms with Crippen LogP contribution in [0.15, 0.2) is 0 Å². The minimum absolute atomic E-state index is 0.382. The first-order chi connectivity index (χ1) is 7.17. The number of hydrogen-bond acceptors (Lipinski definition) is 2. The van der Waals surface area contributed by atoms with Crippen LogP contribution in [0.4, 0.5) is 0 Å². The molecule has 15 heavy (non-hydrogen) atoms. The quantitative estimate of drug-likeness (QED) is 0.707.